The van der Waals surface area contributed by atoms with E-state index in [1.807, 2.05) is 5.32 Å². The van der Waals surface area contributed by atoms with Gasteiger partial charge in [0, 0.05) is 30.6 Å². The Bertz CT molecular complexity index is 1150. The molecular formula is C21H20F6N2O4S2. The number of hydrogen-bond acceptors (Lipinski definition) is 6. The molecule has 1 fully saturated rings. The minimum atomic E-state index is -4.96. The summed E-state index contributed by atoms with van der Waals surface area (Å²) in [6.07, 6.45) is -4.11. The van der Waals surface area contributed by atoms with Crippen molar-refractivity contribution in [3.63, 3.8) is 0 Å². The van der Waals surface area contributed by atoms with Crippen molar-refractivity contribution in [1.82, 2.24) is 9.62 Å². The molecule has 2 aromatic carbocycles. The lowest BCUT2D eigenvalue weighted by atomic mass is 9.98. The predicted molar refractivity (Wildman–Crippen MR) is 114 cm³/mol. The molecule has 0 radical (unpaired) electrons. The highest BCUT2D eigenvalue weighted by Crippen LogP contribution is 2.37. The second-order valence-corrected chi connectivity index (χ2v) is 10.6. The van der Waals surface area contributed by atoms with Gasteiger partial charge in [0.25, 0.3) is 0 Å². The van der Waals surface area contributed by atoms with Gasteiger partial charge in [-0.25, -0.2) is 17.1 Å². The second-order valence-electron chi connectivity index (χ2n) is 7.59. The highest BCUT2D eigenvalue weighted by atomic mass is 32.2. The van der Waals surface area contributed by atoms with Crippen LogP contribution in [0.5, 0.6) is 5.75 Å². The second kappa shape index (κ2) is 11.1. The number of nitrogens with zero attached hydrogens (tertiary/aromatic N) is 1. The molecule has 1 N–H and O–H groups in total. The number of carbonyl (C=O) groups is 1. The van der Waals surface area contributed by atoms with Gasteiger partial charge in [-0.1, -0.05) is 12.1 Å². The molecule has 0 spiro atoms. The Balaban J connectivity index is 1.77. The Morgan fingerprint density at radius 1 is 1.11 bits per heavy atom. The Labute approximate surface area is 201 Å². The van der Waals surface area contributed by atoms with E-state index in [1.165, 1.54) is 18.2 Å². The van der Waals surface area contributed by atoms with Crippen LogP contribution in [0.4, 0.5) is 26.3 Å². The van der Waals surface area contributed by atoms with Crippen molar-refractivity contribution < 1.29 is 44.3 Å². The predicted octanol–water partition coefficient (Wildman–Crippen LogP) is 4.66. The van der Waals surface area contributed by atoms with Crippen LogP contribution < -0.4 is 10.1 Å². The Morgan fingerprint density at radius 3 is 2.37 bits per heavy atom. The van der Waals surface area contributed by atoms with Crippen LogP contribution in [0.1, 0.15) is 12.8 Å². The number of sulfone groups is 1. The number of halogens is 6. The molecule has 0 saturated carbocycles. The zero-order chi connectivity index (χ0) is 25.8. The summed E-state index contributed by atoms with van der Waals surface area (Å²) < 4.78 is 109. The average Bonchev–Trinajstić information content (AvgIpc) is 2.78. The molecule has 0 bridgehead atoms. The van der Waals surface area contributed by atoms with E-state index in [0.717, 1.165) is 36.2 Å². The standard InChI is InChI=1S/C21H20F6N2O4S2/c22-15-3-1-2-4-17(15)35(31,32)18-11-14(33-20(23)24)5-6-16(18)34-29-9-7-13(8-10-29)12-28-19(30)21(25,26)27/h1-6,11,13,20H,7-10,12H2,(H,28,30). The fourth-order valence-corrected chi connectivity index (χ4v) is 6.23. The largest absolute Gasteiger partial charge is 0.471 e. The Morgan fingerprint density at radius 2 is 1.77 bits per heavy atom. The molecule has 192 valence electrons. The Hall–Kier alpha value is -2.45. The van der Waals surface area contributed by atoms with E-state index >= 15 is 0 Å². The smallest absolute Gasteiger partial charge is 0.435 e. The van der Waals surface area contributed by atoms with Gasteiger partial charge in [-0.2, -0.15) is 22.0 Å². The number of piperidine rings is 1. The van der Waals surface area contributed by atoms with Crippen LogP contribution in [0.2, 0.25) is 0 Å². The van der Waals surface area contributed by atoms with Crippen LogP contribution in [-0.4, -0.2) is 51.1 Å². The zero-order valence-corrected chi connectivity index (χ0v) is 19.5. The summed E-state index contributed by atoms with van der Waals surface area (Å²) in [7, 11) is -4.45. The highest BCUT2D eigenvalue weighted by Gasteiger charge is 2.38. The van der Waals surface area contributed by atoms with Crippen LogP contribution >= 0.6 is 11.9 Å². The molecule has 35 heavy (non-hydrogen) atoms. The quantitative estimate of drug-likeness (QED) is 0.387. The van der Waals surface area contributed by atoms with Crippen LogP contribution in [-0.2, 0) is 14.6 Å². The topological polar surface area (TPSA) is 75.7 Å². The first kappa shape index (κ1) is 27.1. The molecule has 1 aliphatic rings. The molecule has 0 aliphatic carbocycles. The maximum absolute atomic E-state index is 14.3. The van der Waals surface area contributed by atoms with Gasteiger partial charge in [-0.3, -0.25) is 4.79 Å². The van der Waals surface area contributed by atoms with Crippen molar-refractivity contribution in [2.24, 2.45) is 5.92 Å². The van der Waals surface area contributed by atoms with E-state index in [0.29, 0.717) is 25.9 Å². The van der Waals surface area contributed by atoms with Gasteiger partial charge in [0.2, 0.25) is 9.84 Å². The lowest BCUT2D eigenvalue weighted by Gasteiger charge is -2.31. The van der Waals surface area contributed by atoms with Crippen molar-refractivity contribution in [3.8, 4) is 5.75 Å². The van der Waals surface area contributed by atoms with Crippen molar-refractivity contribution in [2.75, 3.05) is 19.6 Å². The van der Waals surface area contributed by atoms with Gasteiger partial charge < -0.3 is 10.1 Å². The van der Waals surface area contributed by atoms with Crippen LogP contribution in [0.3, 0.4) is 0 Å². The first-order chi connectivity index (χ1) is 16.4. The molecular weight excluding hydrogens is 522 g/mol. The molecule has 1 heterocycles. The van der Waals surface area contributed by atoms with Gasteiger partial charge in [0.05, 0.1) is 4.90 Å². The normalized spacial score (nSPS) is 15.9. The molecule has 1 aliphatic heterocycles. The minimum absolute atomic E-state index is 0.138. The maximum atomic E-state index is 14.3. The van der Waals surface area contributed by atoms with Gasteiger partial charge >= 0.3 is 18.7 Å². The summed E-state index contributed by atoms with van der Waals surface area (Å²) in [6.45, 7) is -2.64. The number of rotatable bonds is 8. The lowest BCUT2D eigenvalue weighted by molar-refractivity contribution is -0.173. The van der Waals surface area contributed by atoms with Crippen molar-refractivity contribution in [1.29, 1.82) is 0 Å². The molecule has 6 nitrogen and oxygen atoms in total. The first-order valence-electron chi connectivity index (χ1n) is 10.2. The number of carbonyl (C=O) groups excluding carboxylic acids is 1. The van der Waals surface area contributed by atoms with Crippen LogP contribution in [0, 0.1) is 11.7 Å². The molecule has 0 atom stereocenters. The number of alkyl halides is 5. The maximum Gasteiger partial charge on any atom is 0.471 e. The fourth-order valence-electron chi connectivity index (χ4n) is 3.41. The van der Waals surface area contributed by atoms with E-state index < -0.39 is 49.9 Å². The highest BCUT2D eigenvalue weighted by molar-refractivity contribution is 7.98. The zero-order valence-electron chi connectivity index (χ0n) is 17.9. The summed E-state index contributed by atoms with van der Waals surface area (Å²) in [4.78, 5) is 10.1. The molecule has 3 rings (SSSR count). The lowest BCUT2D eigenvalue weighted by Crippen LogP contribution is -2.41. The molecule has 0 aromatic heterocycles. The van der Waals surface area contributed by atoms with E-state index in [2.05, 4.69) is 4.74 Å². The third-order valence-corrected chi connectivity index (χ3v) is 8.30. The number of benzene rings is 2. The van der Waals surface area contributed by atoms with E-state index in [-0.39, 0.29) is 17.4 Å². The summed E-state index contributed by atoms with van der Waals surface area (Å²) >= 11 is 0.998. The average molecular weight is 543 g/mol. The molecule has 1 amide bonds. The number of nitrogens with one attached hydrogen (secondary N) is 1. The summed E-state index contributed by atoms with van der Waals surface area (Å²) in [5, 5.41) is 1.85. The fraction of sp³-hybridized carbons (Fsp3) is 0.381. The van der Waals surface area contributed by atoms with Gasteiger partial charge in [0.1, 0.15) is 16.5 Å². The summed E-state index contributed by atoms with van der Waals surface area (Å²) in [6, 6.07) is 7.98. The Kier molecular flexibility index (Phi) is 8.59. The number of amides is 1. The summed E-state index contributed by atoms with van der Waals surface area (Å²) in [5.74, 6) is -3.64. The molecule has 0 unspecified atom stereocenters. The number of hydrogen-bond donors (Lipinski definition) is 1. The van der Waals surface area contributed by atoms with Crippen molar-refractivity contribution in [3.05, 3.63) is 48.3 Å². The van der Waals surface area contributed by atoms with Gasteiger partial charge in [-0.15, -0.1) is 0 Å². The number of ether oxygens (including phenoxy) is 1. The van der Waals surface area contributed by atoms with E-state index in [4.69, 9.17) is 0 Å². The molecule has 1 saturated heterocycles. The van der Waals surface area contributed by atoms with Crippen LogP contribution in [0.15, 0.2) is 57.2 Å². The van der Waals surface area contributed by atoms with Crippen molar-refractivity contribution >= 4 is 27.7 Å². The minimum Gasteiger partial charge on any atom is -0.435 e. The first-order valence-corrected chi connectivity index (χ1v) is 12.5. The van der Waals surface area contributed by atoms with E-state index in [1.54, 1.807) is 4.31 Å². The van der Waals surface area contributed by atoms with Crippen LogP contribution in [0.25, 0.3) is 0 Å². The van der Waals surface area contributed by atoms with E-state index in [9.17, 15) is 39.6 Å². The third-order valence-electron chi connectivity index (χ3n) is 5.17. The third kappa shape index (κ3) is 7.04. The van der Waals surface area contributed by atoms with Gasteiger partial charge in [-0.05, 0) is 55.0 Å². The molecule has 2 aromatic rings. The monoisotopic (exact) mass is 542 g/mol. The SMILES string of the molecule is O=C(NCC1CCN(Sc2ccc(OC(F)F)cc2S(=O)(=O)c2ccccc2F)CC1)C(F)(F)F. The van der Waals surface area contributed by atoms with Crippen molar-refractivity contribution in [2.45, 2.75) is 40.3 Å². The van der Waals surface area contributed by atoms with Gasteiger partial charge in [0.15, 0.2) is 0 Å². The molecule has 14 heteroatoms. The summed E-state index contributed by atoms with van der Waals surface area (Å²) in [5.41, 5.74) is 0.